The lowest BCUT2D eigenvalue weighted by molar-refractivity contribution is 0.182. The second kappa shape index (κ2) is 5.44. The summed E-state index contributed by atoms with van der Waals surface area (Å²) in [6.07, 6.45) is 4.40. The predicted molar refractivity (Wildman–Crippen MR) is 59.7 cm³/mol. The number of aromatic nitrogens is 2. The van der Waals surface area contributed by atoms with Crippen LogP contribution in [-0.4, -0.2) is 35.0 Å². The molecule has 0 radical (unpaired) electrons. The van der Waals surface area contributed by atoms with Crippen molar-refractivity contribution in [2.45, 2.75) is 17.5 Å². The molecule has 2 rings (SSSR count). The van der Waals surface area contributed by atoms with E-state index in [9.17, 15) is 0 Å². The molecule has 0 aromatic carbocycles. The van der Waals surface area contributed by atoms with Crippen molar-refractivity contribution in [2.24, 2.45) is 11.7 Å². The van der Waals surface area contributed by atoms with Crippen LogP contribution in [0.25, 0.3) is 0 Å². The second-order valence-corrected chi connectivity index (χ2v) is 4.69. The highest BCUT2D eigenvalue weighted by Crippen LogP contribution is 2.21. The number of nitrogens with two attached hydrogens (primary N) is 1. The Bertz CT molecular complexity index is 290. The maximum atomic E-state index is 6.08. The minimum Gasteiger partial charge on any atom is -0.381 e. The van der Waals surface area contributed by atoms with Gasteiger partial charge in [-0.15, -0.1) is 11.8 Å². The SMILES string of the molecule is NC(CSc1ccncn1)C1CCOC1. The van der Waals surface area contributed by atoms with Crippen molar-refractivity contribution >= 4 is 11.8 Å². The van der Waals surface area contributed by atoms with E-state index in [-0.39, 0.29) is 6.04 Å². The van der Waals surface area contributed by atoms with Crippen LogP contribution in [0.4, 0.5) is 0 Å². The molecule has 82 valence electrons. The number of rotatable bonds is 4. The maximum absolute atomic E-state index is 6.08. The highest BCUT2D eigenvalue weighted by atomic mass is 32.2. The normalized spacial score (nSPS) is 22.9. The largest absolute Gasteiger partial charge is 0.381 e. The van der Waals surface area contributed by atoms with Gasteiger partial charge >= 0.3 is 0 Å². The Balaban J connectivity index is 1.77. The van der Waals surface area contributed by atoms with Gasteiger partial charge in [0.05, 0.1) is 11.6 Å². The van der Waals surface area contributed by atoms with Crippen molar-refractivity contribution in [1.29, 1.82) is 0 Å². The molecule has 1 saturated heterocycles. The van der Waals surface area contributed by atoms with Crippen LogP contribution in [0, 0.1) is 5.92 Å². The van der Waals surface area contributed by atoms with E-state index in [4.69, 9.17) is 10.5 Å². The molecule has 4 nitrogen and oxygen atoms in total. The molecule has 1 aromatic rings. The molecule has 1 fully saturated rings. The number of hydrogen-bond acceptors (Lipinski definition) is 5. The molecule has 0 aliphatic carbocycles. The first kappa shape index (κ1) is 10.9. The second-order valence-electron chi connectivity index (χ2n) is 3.65. The third kappa shape index (κ3) is 3.15. The molecule has 0 saturated carbocycles. The van der Waals surface area contributed by atoms with Crippen molar-refractivity contribution in [3.05, 3.63) is 18.6 Å². The van der Waals surface area contributed by atoms with E-state index in [1.165, 1.54) is 0 Å². The van der Waals surface area contributed by atoms with Gasteiger partial charge in [-0.3, -0.25) is 0 Å². The van der Waals surface area contributed by atoms with Gasteiger partial charge in [0.1, 0.15) is 6.33 Å². The first-order valence-electron chi connectivity index (χ1n) is 5.08. The fourth-order valence-electron chi connectivity index (χ4n) is 1.57. The van der Waals surface area contributed by atoms with Gasteiger partial charge in [0.2, 0.25) is 0 Å². The molecule has 2 N–H and O–H groups in total. The number of hydrogen-bond donors (Lipinski definition) is 1. The zero-order valence-electron chi connectivity index (χ0n) is 8.50. The molecule has 2 atom stereocenters. The summed E-state index contributed by atoms with van der Waals surface area (Å²) in [4.78, 5) is 8.02. The molecular formula is C10H15N3OS. The first-order valence-corrected chi connectivity index (χ1v) is 6.07. The van der Waals surface area contributed by atoms with Crippen LogP contribution < -0.4 is 5.73 Å². The fraction of sp³-hybridized carbons (Fsp3) is 0.600. The average Bonchev–Trinajstić information content (AvgIpc) is 2.81. The van der Waals surface area contributed by atoms with E-state index in [0.717, 1.165) is 30.4 Å². The van der Waals surface area contributed by atoms with Crippen molar-refractivity contribution in [2.75, 3.05) is 19.0 Å². The monoisotopic (exact) mass is 225 g/mol. The van der Waals surface area contributed by atoms with E-state index in [0.29, 0.717) is 5.92 Å². The average molecular weight is 225 g/mol. The van der Waals surface area contributed by atoms with Crippen molar-refractivity contribution in [3.8, 4) is 0 Å². The summed E-state index contributed by atoms with van der Waals surface area (Å²) >= 11 is 1.68. The molecule has 5 heteroatoms. The number of thioether (sulfide) groups is 1. The third-order valence-electron chi connectivity index (χ3n) is 2.55. The fourth-order valence-corrected chi connectivity index (χ4v) is 2.49. The quantitative estimate of drug-likeness (QED) is 0.610. The van der Waals surface area contributed by atoms with E-state index in [2.05, 4.69) is 9.97 Å². The Morgan fingerprint density at radius 2 is 2.60 bits per heavy atom. The minimum atomic E-state index is 0.201. The van der Waals surface area contributed by atoms with Crippen LogP contribution >= 0.6 is 11.8 Å². The zero-order valence-corrected chi connectivity index (χ0v) is 9.32. The molecule has 2 unspecified atom stereocenters. The van der Waals surface area contributed by atoms with Gasteiger partial charge in [0.15, 0.2) is 0 Å². The highest BCUT2D eigenvalue weighted by molar-refractivity contribution is 7.99. The Labute approximate surface area is 93.6 Å². The van der Waals surface area contributed by atoms with Crippen molar-refractivity contribution < 1.29 is 4.74 Å². The maximum Gasteiger partial charge on any atom is 0.116 e. The van der Waals surface area contributed by atoms with Crippen LogP contribution in [0.5, 0.6) is 0 Å². The van der Waals surface area contributed by atoms with Gasteiger partial charge in [0.25, 0.3) is 0 Å². The molecule has 2 heterocycles. The molecule has 1 aliphatic heterocycles. The van der Waals surface area contributed by atoms with Crippen LogP contribution in [0.2, 0.25) is 0 Å². The van der Waals surface area contributed by atoms with Gasteiger partial charge < -0.3 is 10.5 Å². The lowest BCUT2D eigenvalue weighted by Crippen LogP contribution is -2.32. The molecule has 0 spiro atoms. The lowest BCUT2D eigenvalue weighted by Gasteiger charge is -2.16. The Hall–Kier alpha value is -0.650. The third-order valence-corrected chi connectivity index (χ3v) is 3.64. The van der Waals surface area contributed by atoms with Crippen LogP contribution in [0.3, 0.4) is 0 Å². The summed E-state index contributed by atoms with van der Waals surface area (Å²) < 4.78 is 5.32. The zero-order chi connectivity index (χ0) is 10.5. The Kier molecular flexibility index (Phi) is 3.94. The van der Waals surface area contributed by atoms with Gasteiger partial charge in [-0.1, -0.05) is 0 Å². The predicted octanol–water partition coefficient (Wildman–Crippen LogP) is 0.933. The molecule has 0 amide bonds. The van der Waals surface area contributed by atoms with Crippen LogP contribution in [-0.2, 0) is 4.74 Å². The van der Waals surface area contributed by atoms with Crippen molar-refractivity contribution in [3.63, 3.8) is 0 Å². The summed E-state index contributed by atoms with van der Waals surface area (Å²) in [5.41, 5.74) is 6.08. The summed E-state index contributed by atoms with van der Waals surface area (Å²) in [7, 11) is 0. The van der Waals surface area contributed by atoms with Gasteiger partial charge in [-0.2, -0.15) is 0 Å². The summed E-state index contributed by atoms with van der Waals surface area (Å²) in [6, 6.07) is 2.11. The van der Waals surface area contributed by atoms with Gasteiger partial charge in [-0.05, 0) is 12.5 Å². The van der Waals surface area contributed by atoms with Gasteiger partial charge in [-0.25, -0.2) is 9.97 Å². The Morgan fingerprint density at radius 3 is 3.27 bits per heavy atom. The van der Waals surface area contributed by atoms with Gasteiger partial charge in [0, 0.05) is 30.5 Å². The summed E-state index contributed by atoms with van der Waals surface area (Å²) in [6.45, 7) is 1.67. The topological polar surface area (TPSA) is 61.0 Å². The molecule has 1 aliphatic rings. The molecule has 1 aromatic heterocycles. The van der Waals surface area contributed by atoms with E-state index in [1.54, 1.807) is 24.3 Å². The summed E-state index contributed by atoms with van der Waals surface area (Å²) in [5, 5.41) is 0.986. The highest BCUT2D eigenvalue weighted by Gasteiger charge is 2.22. The summed E-state index contributed by atoms with van der Waals surface area (Å²) in [5.74, 6) is 1.41. The lowest BCUT2D eigenvalue weighted by atomic mass is 10.0. The molecule has 15 heavy (non-hydrogen) atoms. The number of nitrogens with zero attached hydrogens (tertiary/aromatic N) is 2. The Morgan fingerprint density at radius 1 is 1.67 bits per heavy atom. The number of ether oxygens (including phenoxy) is 1. The van der Waals surface area contributed by atoms with Crippen LogP contribution in [0.1, 0.15) is 6.42 Å². The van der Waals surface area contributed by atoms with Crippen molar-refractivity contribution in [1.82, 2.24) is 9.97 Å². The van der Waals surface area contributed by atoms with Crippen LogP contribution in [0.15, 0.2) is 23.6 Å². The molecular weight excluding hydrogens is 210 g/mol. The standard InChI is InChI=1S/C10H15N3OS/c11-9(8-2-4-14-5-8)6-15-10-1-3-12-7-13-10/h1,3,7-9H,2,4-6,11H2. The molecule has 0 bridgehead atoms. The smallest absolute Gasteiger partial charge is 0.116 e. The minimum absolute atomic E-state index is 0.201. The van der Waals surface area contributed by atoms with E-state index in [1.807, 2.05) is 6.07 Å². The first-order chi connectivity index (χ1) is 7.36. The van der Waals surface area contributed by atoms with E-state index >= 15 is 0 Å². The van der Waals surface area contributed by atoms with E-state index < -0.39 is 0 Å².